The fourth-order valence-corrected chi connectivity index (χ4v) is 1.01. The van der Waals surface area contributed by atoms with E-state index in [1.807, 2.05) is 0 Å². The molecule has 0 aromatic heterocycles. The van der Waals surface area contributed by atoms with E-state index in [1.165, 1.54) is 12.1 Å². The highest BCUT2D eigenvalue weighted by Crippen LogP contribution is 2.13. The van der Waals surface area contributed by atoms with Gasteiger partial charge in [-0.1, -0.05) is 0 Å². The minimum absolute atomic E-state index is 0.139. The van der Waals surface area contributed by atoms with E-state index in [4.69, 9.17) is 10.6 Å². The monoisotopic (exact) mass is 198 g/mol. The topological polar surface area (TPSA) is 64.3 Å². The van der Waals surface area contributed by atoms with Crippen LogP contribution < -0.4 is 11.3 Å². The average Bonchev–Trinajstić information content (AvgIpc) is 2.17. The van der Waals surface area contributed by atoms with Gasteiger partial charge in [0.1, 0.15) is 5.82 Å². The van der Waals surface area contributed by atoms with Crippen molar-refractivity contribution in [3.63, 3.8) is 0 Å². The minimum Gasteiger partial charge on any atom is -0.462 e. The van der Waals surface area contributed by atoms with E-state index in [0.29, 0.717) is 5.69 Å². The second kappa shape index (κ2) is 4.57. The normalized spacial score (nSPS) is 9.64. The summed E-state index contributed by atoms with van der Waals surface area (Å²) in [5.74, 6) is 3.99. The second-order valence-electron chi connectivity index (χ2n) is 2.59. The molecule has 0 heterocycles. The van der Waals surface area contributed by atoms with Crippen molar-refractivity contribution in [3.05, 3.63) is 29.6 Å². The van der Waals surface area contributed by atoms with Gasteiger partial charge in [-0.25, -0.2) is 9.18 Å². The Labute approximate surface area is 80.8 Å². The first-order valence-electron chi connectivity index (χ1n) is 4.11. The van der Waals surface area contributed by atoms with Crippen molar-refractivity contribution in [1.82, 2.24) is 0 Å². The Morgan fingerprint density at radius 3 is 2.86 bits per heavy atom. The van der Waals surface area contributed by atoms with Gasteiger partial charge in [-0.2, -0.15) is 0 Å². The van der Waals surface area contributed by atoms with Crippen LogP contribution in [-0.2, 0) is 4.74 Å². The standard InChI is InChI=1S/C9H11FN2O2/c1-2-14-9(13)6-3-7(10)5-8(4-6)12-11/h3-5,12H,2,11H2,1H3. The van der Waals surface area contributed by atoms with E-state index in [1.54, 1.807) is 6.92 Å². The van der Waals surface area contributed by atoms with Crippen LogP contribution in [0.5, 0.6) is 0 Å². The number of nitrogens with one attached hydrogen (secondary N) is 1. The third-order valence-electron chi connectivity index (χ3n) is 1.58. The third-order valence-corrected chi connectivity index (χ3v) is 1.58. The summed E-state index contributed by atoms with van der Waals surface area (Å²) < 4.78 is 17.6. The molecule has 1 aromatic rings. The van der Waals surface area contributed by atoms with Gasteiger partial charge in [0.05, 0.1) is 17.9 Å². The molecule has 0 radical (unpaired) electrons. The largest absolute Gasteiger partial charge is 0.462 e. The van der Waals surface area contributed by atoms with Crippen LogP contribution in [-0.4, -0.2) is 12.6 Å². The van der Waals surface area contributed by atoms with E-state index in [-0.39, 0.29) is 12.2 Å². The Morgan fingerprint density at radius 1 is 1.57 bits per heavy atom. The van der Waals surface area contributed by atoms with Gasteiger partial charge in [0.15, 0.2) is 0 Å². The number of hydrazine groups is 1. The summed E-state index contributed by atoms with van der Waals surface area (Å²) in [6.07, 6.45) is 0. The Kier molecular flexibility index (Phi) is 3.41. The van der Waals surface area contributed by atoms with Crippen molar-refractivity contribution < 1.29 is 13.9 Å². The predicted molar refractivity (Wildman–Crippen MR) is 50.2 cm³/mol. The number of nitrogen functional groups attached to an aromatic ring is 1. The van der Waals surface area contributed by atoms with Crippen LogP contribution in [0.25, 0.3) is 0 Å². The van der Waals surface area contributed by atoms with Crippen molar-refractivity contribution in [2.45, 2.75) is 6.92 Å². The van der Waals surface area contributed by atoms with Crippen molar-refractivity contribution in [2.75, 3.05) is 12.0 Å². The van der Waals surface area contributed by atoms with E-state index in [2.05, 4.69) is 5.43 Å². The minimum atomic E-state index is -0.566. The number of nitrogens with two attached hydrogens (primary N) is 1. The quantitative estimate of drug-likeness (QED) is 0.436. The first-order chi connectivity index (χ1) is 6.67. The summed E-state index contributed by atoms with van der Waals surface area (Å²) in [6.45, 7) is 1.93. The fourth-order valence-electron chi connectivity index (χ4n) is 1.01. The van der Waals surface area contributed by atoms with Gasteiger partial charge in [0, 0.05) is 0 Å². The summed E-state index contributed by atoms with van der Waals surface area (Å²) in [5, 5.41) is 0. The Morgan fingerprint density at radius 2 is 2.29 bits per heavy atom. The number of carbonyl (C=O) groups is 1. The van der Waals surface area contributed by atoms with Gasteiger partial charge in [-0.15, -0.1) is 0 Å². The van der Waals surface area contributed by atoms with Gasteiger partial charge in [-0.05, 0) is 25.1 Å². The zero-order valence-electron chi connectivity index (χ0n) is 7.71. The van der Waals surface area contributed by atoms with Crippen LogP contribution in [0.4, 0.5) is 10.1 Å². The van der Waals surface area contributed by atoms with Crippen molar-refractivity contribution >= 4 is 11.7 Å². The van der Waals surface area contributed by atoms with Crippen LogP contribution in [0.15, 0.2) is 18.2 Å². The molecule has 1 rings (SSSR count). The molecule has 0 saturated carbocycles. The lowest BCUT2D eigenvalue weighted by Crippen LogP contribution is -2.10. The van der Waals surface area contributed by atoms with Gasteiger partial charge >= 0.3 is 5.97 Å². The number of anilines is 1. The number of hydrogen-bond donors (Lipinski definition) is 2. The van der Waals surface area contributed by atoms with E-state index in [9.17, 15) is 9.18 Å². The number of benzene rings is 1. The number of carbonyl (C=O) groups excluding carboxylic acids is 1. The lowest BCUT2D eigenvalue weighted by molar-refractivity contribution is 0.0526. The number of rotatable bonds is 3. The molecule has 0 aliphatic rings. The molecule has 0 bridgehead atoms. The fraction of sp³-hybridized carbons (Fsp3) is 0.222. The van der Waals surface area contributed by atoms with Gasteiger partial charge in [0.2, 0.25) is 0 Å². The highest BCUT2D eigenvalue weighted by molar-refractivity contribution is 5.90. The molecule has 0 atom stereocenters. The molecule has 0 aliphatic carbocycles. The molecule has 5 heteroatoms. The zero-order valence-corrected chi connectivity index (χ0v) is 7.71. The average molecular weight is 198 g/mol. The summed E-state index contributed by atoms with van der Waals surface area (Å²) in [4.78, 5) is 11.2. The van der Waals surface area contributed by atoms with E-state index in [0.717, 1.165) is 6.07 Å². The lowest BCUT2D eigenvalue weighted by atomic mass is 10.2. The third kappa shape index (κ3) is 2.43. The maximum atomic E-state index is 12.9. The molecule has 0 saturated heterocycles. The number of ether oxygens (including phenoxy) is 1. The van der Waals surface area contributed by atoms with Crippen LogP contribution in [0.2, 0.25) is 0 Å². The molecular weight excluding hydrogens is 187 g/mol. The number of esters is 1. The van der Waals surface area contributed by atoms with E-state index < -0.39 is 11.8 Å². The van der Waals surface area contributed by atoms with Crippen LogP contribution >= 0.6 is 0 Å². The molecule has 4 nitrogen and oxygen atoms in total. The van der Waals surface area contributed by atoms with Crippen molar-refractivity contribution in [3.8, 4) is 0 Å². The van der Waals surface area contributed by atoms with Gasteiger partial charge in [0.25, 0.3) is 0 Å². The lowest BCUT2D eigenvalue weighted by Gasteiger charge is -2.04. The molecular formula is C9H11FN2O2. The highest BCUT2D eigenvalue weighted by atomic mass is 19.1. The van der Waals surface area contributed by atoms with Crippen molar-refractivity contribution in [1.29, 1.82) is 0 Å². The predicted octanol–water partition coefficient (Wildman–Crippen LogP) is 1.29. The first kappa shape index (κ1) is 10.5. The molecule has 0 fully saturated rings. The van der Waals surface area contributed by atoms with E-state index >= 15 is 0 Å². The number of hydrogen-bond acceptors (Lipinski definition) is 4. The Hall–Kier alpha value is -1.62. The Bertz CT molecular complexity index is 342. The van der Waals surface area contributed by atoms with Gasteiger partial charge < -0.3 is 10.2 Å². The molecule has 1 aromatic carbocycles. The molecule has 0 amide bonds. The Balaban J connectivity index is 2.96. The van der Waals surface area contributed by atoms with Crippen LogP contribution in [0.3, 0.4) is 0 Å². The zero-order chi connectivity index (χ0) is 10.6. The SMILES string of the molecule is CCOC(=O)c1cc(F)cc(NN)c1. The summed E-state index contributed by atoms with van der Waals surface area (Å²) in [5.41, 5.74) is 2.72. The molecule has 0 aliphatic heterocycles. The molecule has 0 spiro atoms. The molecule has 14 heavy (non-hydrogen) atoms. The highest BCUT2D eigenvalue weighted by Gasteiger charge is 2.08. The van der Waals surface area contributed by atoms with Crippen LogP contribution in [0, 0.1) is 5.82 Å². The maximum absolute atomic E-state index is 12.9. The maximum Gasteiger partial charge on any atom is 0.338 e. The molecule has 0 unspecified atom stereocenters. The molecule has 76 valence electrons. The van der Waals surface area contributed by atoms with Crippen molar-refractivity contribution in [2.24, 2.45) is 5.84 Å². The smallest absolute Gasteiger partial charge is 0.338 e. The second-order valence-corrected chi connectivity index (χ2v) is 2.59. The summed E-state index contributed by atoms with van der Waals surface area (Å²) in [6, 6.07) is 3.70. The number of halogens is 1. The summed E-state index contributed by atoms with van der Waals surface area (Å²) >= 11 is 0. The summed E-state index contributed by atoms with van der Waals surface area (Å²) in [7, 11) is 0. The van der Waals surface area contributed by atoms with Crippen LogP contribution in [0.1, 0.15) is 17.3 Å². The first-order valence-corrected chi connectivity index (χ1v) is 4.11. The molecule has 3 N–H and O–H groups in total. The van der Waals surface area contributed by atoms with Gasteiger partial charge in [-0.3, -0.25) is 5.84 Å².